The van der Waals surface area contributed by atoms with Crippen LogP contribution in [0.15, 0.2) is 18.2 Å². The van der Waals surface area contributed by atoms with Crippen molar-refractivity contribution in [3.05, 3.63) is 34.9 Å². The Bertz CT molecular complexity index is 218. The second-order valence-electron chi connectivity index (χ2n) is 2.69. The minimum Gasteiger partial charge on any atom is -0.0812 e. The Hall–Kier alpha value is -0.0500. The SMILES string of the molecule is CCc1cccc(CI)c1C. The second-order valence-corrected chi connectivity index (χ2v) is 3.45. The molecule has 0 amide bonds. The van der Waals surface area contributed by atoms with Crippen molar-refractivity contribution in [1.82, 2.24) is 0 Å². The van der Waals surface area contributed by atoms with Gasteiger partial charge in [0.05, 0.1) is 0 Å². The Morgan fingerprint density at radius 2 is 1.91 bits per heavy atom. The molecule has 0 N–H and O–H groups in total. The third-order valence-electron chi connectivity index (χ3n) is 2.08. The van der Waals surface area contributed by atoms with E-state index in [1.807, 2.05) is 0 Å². The summed E-state index contributed by atoms with van der Waals surface area (Å²) in [6, 6.07) is 6.58. The van der Waals surface area contributed by atoms with Crippen LogP contribution in [0.4, 0.5) is 0 Å². The number of halogens is 1. The molecule has 0 heterocycles. The van der Waals surface area contributed by atoms with E-state index in [0.29, 0.717) is 0 Å². The highest BCUT2D eigenvalue weighted by atomic mass is 127. The summed E-state index contributed by atoms with van der Waals surface area (Å²) in [6.07, 6.45) is 1.15. The van der Waals surface area contributed by atoms with Crippen molar-refractivity contribution in [1.29, 1.82) is 0 Å². The van der Waals surface area contributed by atoms with Crippen molar-refractivity contribution in [3.63, 3.8) is 0 Å². The van der Waals surface area contributed by atoms with Gasteiger partial charge in [-0.15, -0.1) is 0 Å². The first-order chi connectivity index (χ1) is 5.29. The summed E-state index contributed by atoms with van der Waals surface area (Å²) in [5.74, 6) is 0. The molecular weight excluding hydrogens is 247 g/mol. The maximum atomic E-state index is 2.41. The Morgan fingerprint density at radius 3 is 2.45 bits per heavy atom. The predicted molar refractivity (Wildman–Crippen MR) is 58.3 cm³/mol. The average molecular weight is 260 g/mol. The lowest BCUT2D eigenvalue weighted by atomic mass is 10.0. The van der Waals surface area contributed by atoms with Crippen molar-refractivity contribution in [3.8, 4) is 0 Å². The quantitative estimate of drug-likeness (QED) is 0.564. The van der Waals surface area contributed by atoms with Gasteiger partial charge in [0.25, 0.3) is 0 Å². The van der Waals surface area contributed by atoms with Crippen molar-refractivity contribution in [2.24, 2.45) is 0 Å². The van der Waals surface area contributed by atoms with E-state index in [1.165, 1.54) is 16.7 Å². The maximum Gasteiger partial charge on any atom is 0.0249 e. The third-order valence-corrected chi connectivity index (χ3v) is 2.90. The van der Waals surface area contributed by atoms with Crippen LogP contribution in [0.5, 0.6) is 0 Å². The van der Waals surface area contributed by atoms with Crippen LogP contribution in [0.25, 0.3) is 0 Å². The zero-order chi connectivity index (χ0) is 8.27. The van der Waals surface area contributed by atoms with E-state index in [2.05, 4.69) is 54.6 Å². The first-order valence-electron chi connectivity index (χ1n) is 3.93. The summed E-state index contributed by atoms with van der Waals surface area (Å²) in [5.41, 5.74) is 4.44. The molecule has 0 aliphatic heterocycles. The van der Waals surface area contributed by atoms with Gasteiger partial charge in [-0.3, -0.25) is 0 Å². The molecule has 0 aliphatic rings. The molecule has 1 rings (SSSR count). The van der Waals surface area contributed by atoms with E-state index in [1.54, 1.807) is 0 Å². The number of rotatable bonds is 2. The molecule has 0 radical (unpaired) electrons. The molecule has 0 nitrogen and oxygen atoms in total. The van der Waals surface area contributed by atoms with Crippen LogP contribution in [-0.4, -0.2) is 0 Å². The minimum atomic E-state index is 1.12. The number of hydrogen-bond acceptors (Lipinski definition) is 0. The fourth-order valence-corrected chi connectivity index (χ4v) is 2.09. The van der Waals surface area contributed by atoms with Gasteiger partial charge in [0.1, 0.15) is 0 Å². The molecule has 0 aliphatic carbocycles. The van der Waals surface area contributed by atoms with Gasteiger partial charge in [-0.2, -0.15) is 0 Å². The van der Waals surface area contributed by atoms with E-state index in [0.717, 1.165) is 10.8 Å². The lowest BCUT2D eigenvalue weighted by Gasteiger charge is -2.06. The molecule has 0 bridgehead atoms. The van der Waals surface area contributed by atoms with Gasteiger partial charge in [-0.1, -0.05) is 47.7 Å². The van der Waals surface area contributed by atoms with Crippen molar-refractivity contribution in [2.75, 3.05) is 0 Å². The largest absolute Gasteiger partial charge is 0.0812 e. The van der Waals surface area contributed by atoms with E-state index in [9.17, 15) is 0 Å². The summed E-state index contributed by atoms with van der Waals surface area (Å²) in [7, 11) is 0. The number of hydrogen-bond donors (Lipinski definition) is 0. The van der Waals surface area contributed by atoms with Crippen molar-refractivity contribution >= 4 is 22.6 Å². The van der Waals surface area contributed by atoms with Crippen molar-refractivity contribution < 1.29 is 0 Å². The number of benzene rings is 1. The van der Waals surface area contributed by atoms with Gasteiger partial charge in [0.15, 0.2) is 0 Å². The standard InChI is InChI=1S/C10H13I/c1-3-9-5-4-6-10(7-11)8(9)2/h4-6H,3,7H2,1-2H3. The molecule has 0 aromatic heterocycles. The fraction of sp³-hybridized carbons (Fsp3) is 0.400. The number of aryl methyl sites for hydroxylation is 1. The van der Waals surface area contributed by atoms with Crippen LogP contribution in [0, 0.1) is 6.92 Å². The summed E-state index contributed by atoms with van der Waals surface area (Å²) >= 11 is 2.41. The monoisotopic (exact) mass is 260 g/mol. The molecule has 1 heteroatoms. The number of alkyl halides is 1. The topological polar surface area (TPSA) is 0 Å². The van der Waals surface area contributed by atoms with Crippen LogP contribution in [-0.2, 0) is 10.8 Å². The molecule has 0 fully saturated rings. The van der Waals surface area contributed by atoms with Crippen LogP contribution >= 0.6 is 22.6 Å². The molecule has 0 spiro atoms. The molecule has 0 saturated carbocycles. The average Bonchev–Trinajstić information content (AvgIpc) is 2.05. The first-order valence-corrected chi connectivity index (χ1v) is 5.45. The summed E-state index contributed by atoms with van der Waals surface area (Å²) in [4.78, 5) is 0. The summed E-state index contributed by atoms with van der Waals surface area (Å²) in [5, 5.41) is 0. The molecule has 1 aromatic carbocycles. The molecule has 11 heavy (non-hydrogen) atoms. The smallest absolute Gasteiger partial charge is 0.0249 e. The van der Waals surface area contributed by atoms with Gasteiger partial charge in [-0.05, 0) is 30.0 Å². The Kier molecular flexibility index (Phi) is 3.37. The molecule has 0 atom stereocenters. The van der Waals surface area contributed by atoms with Crippen molar-refractivity contribution in [2.45, 2.75) is 24.7 Å². The molecule has 0 unspecified atom stereocenters. The van der Waals surface area contributed by atoms with E-state index in [-0.39, 0.29) is 0 Å². The normalized spacial score (nSPS) is 10.1. The zero-order valence-electron chi connectivity index (χ0n) is 7.02. The maximum absolute atomic E-state index is 2.41. The van der Waals surface area contributed by atoms with Gasteiger partial charge in [0, 0.05) is 4.43 Å². The lowest BCUT2D eigenvalue weighted by molar-refractivity contribution is 1.09. The highest BCUT2D eigenvalue weighted by Gasteiger charge is 1.99. The van der Waals surface area contributed by atoms with Gasteiger partial charge >= 0.3 is 0 Å². The second kappa shape index (κ2) is 4.10. The third kappa shape index (κ3) is 1.95. The highest BCUT2D eigenvalue weighted by molar-refractivity contribution is 14.1. The predicted octanol–water partition coefficient (Wildman–Crippen LogP) is 3.49. The van der Waals surface area contributed by atoms with Gasteiger partial charge < -0.3 is 0 Å². The van der Waals surface area contributed by atoms with Crippen LogP contribution in [0.3, 0.4) is 0 Å². The molecular formula is C10H13I. The first kappa shape index (κ1) is 9.04. The van der Waals surface area contributed by atoms with Crippen LogP contribution in [0.1, 0.15) is 23.6 Å². The summed E-state index contributed by atoms with van der Waals surface area (Å²) in [6.45, 7) is 4.42. The minimum absolute atomic E-state index is 1.12. The highest BCUT2D eigenvalue weighted by Crippen LogP contribution is 2.16. The Labute approximate surface area is 82.2 Å². The van der Waals surface area contributed by atoms with Crippen LogP contribution in [0.2, 0.25) is 0 Å². The molecule has 1 aromatic rings. The fourth-order valence-electron chi connectivity index (χ4n) is 1.26. The summed E-state index contributed by atoms with van der Waals surface area (Å²) < 4.78 is 1.12. The Morgan fingerprint density at radius 1 is 1.27 bits per heavy atom. The van der Waals surface area contributed by atoms with Gasteiger partial charge in [0.2, 0.25) is 0 Å². The van der Waals surface area contributed by atoms with E-state index in [4.69, 9.17) is 0 Å². The van der Waals surface area contributed by atoms with E-state index >= 15 is 0 Å². The van der Waals surface area contributed by atoms with E-state index < -0.39 is 0 Å². The lowest BCUT2D eigenvalue weighted by Crippen LogP contribution is -1.90. The Balaban J connectivity index is 3.10. The molecule has 60 valence electrons. The van der Waals surface area contributed by atoms with Crippen LogP contribution < -0.4 is 0 Å². The molecule has 0 saturated heterocycles. The zero-order valence-corrected chi connectivity index (χ0v) is 9.18. The van der Waals surface area contributed by atoms with Gasteiger partial charge in [-0.25, -0.2) is 0 Å².